The van der Waals surface area contributed by atoms with E-state index in [4.69, 9.17) is 10.5 Å². The normalized spacial score (nSPS) is 12.6. The Morgan fingerprint density at radius 1 is 1.35 bits per heavy atom. The summed E-state index contributed by atoms with van der Waals surface area (Å²) in [5, 5.41) is 14.1. The van der Waals surface area contributed by atoms with Crippen LogP contribution in [-0.4, -0.2) is 23.6 Å². The molecular weight excluding hydrogens is 258 g/mol. The monoisotopic (exact) mass is 281 g/mol. The van der Waals surface area contributed by atoms with Gasteiger partial charge in [0.25, 0.3) is 0 Å². The zero-order valence-corrected chi connectivity index (χ0v) is 12.4. The van der Waals surface area contributed by atoms with Crippen molar-refractivity contribution in [2.45, 2.75) is 39.8 Å². The second kappa shape index (κ2) is 7.09. The van der Waals surface area contributed by atoms with Crippen LogP contribution in [0.1, 0.15) is 27.7 Å². The Bertz CT molecular complexity index is 461. The van der Waals surface area contributed by atoms with Gasteiger partial charge in [0.1, 0.15) is 0 Å². The van der Waals surface area contributed by atoms with E-state index in [0.29, 0.717) is 12.5 Å². The van der Waals surface area contributed by atoms with E-state index < -0.39 is 4.92 Å². The van der Waals surface area contributed by atoms with Gasteiger partial charge in [-0.1, -0.05) is 13.8 Å². The Balaban J connectivity index is 2.86. The number of anilines is 1. The van der Waals surface area contributed by atoms with Gasteiger partial charge in [0, 0.05) is 30.4 Å². The molecule has 0 aliphatic carbocycles. The first-order valence-corrected chi connectivity index (χ1v) is 6.75. The van der Waals surface area contributed by atoms with Crippen molar-refractivity contribution in [1.29, 1.82) is 0 Å². The molecule has 0 bridgehead atoms. The smallest absolute Gasteiger partial charge is 0.311 e. The van der Waals surface area contributed by atoms with Crippen LogP contribution in [0.4, 0.5) is 11.4 Å². The van der Waals surface area contributed by atoms with E-state index in [2.05, 4.69) is 19.2 Å². The number of rotatable bonds is 7. The predicted octanol–water partition coefficient (Wildman–Crippen LogP) is 2.78. The summed E-state index contributed by atoms with van der Waals surface area (Å²) in [6.07, 6.45) is -0.123. The number of ether oxygens (including phenoxy) is 1. The van der Waals surface area contributed by atoms with Crippen LogP contribution in [0.2, 0.25) is 0 Å². The van der Waals surface area contributed by atoms with E-state index in [-0.39, 0.29) is 23.6 Å². The van der Waals surface area contributed by atoms with Gasteiger partial charge in [-0.3, -0.25) is 10.1 Å². The lowest BCUT2D eigenvalue weighted by Crippen LogP contribution is -2.33. The zero-order valence-electron chi connectivity index (χ0n) is 12.4. The molecule has 1 aromatic carbocycles. The lowest BCUT2D eigenvalue weighted by molar-refractivity contribution is -0.386. The Morgan fingerprint density at radius 3 is 2.50 bits per heavy atom. The second-order valence-corrected chi connectivity index (χ2v) is 5.39. The Kier molecular flexibility index (Phi) is 5.76. The van der Waals surface area contributed by atoms with Crippen molar-refractivity contribution in [3.8, 4) is 5.75 Å². The number of nitrogens with one attached hydrogen (secondary N) is 1. The number of benzene rings is 1. The SMILES string of the molecule is CC(C)Oc1cc(NCC(N)C(C)C)ccc1[N+](=O)[O-]. The zero-order chi connectivity index (χ0) is 15.3. The first-order valence-electron chi connectivity index (χ1n) is 6.75. The third-order valence-corrected chi connectivity index (χ3v) is 2.92. The van der Waals surface area contributed by atoms with Gasteiger partial charge in [0.05, 0.1) is 11.0 Å². The van der Waals surface area contributed by atoms with Crippen molar-refractivity contribution in [3.63, 3.8) is 0 Å². The number of hydrogen-bond acceptors (Lipinski definition) is 5. The summed E-state index contributed by atoms with van der Waals surface area (Å²) in [7, 11) is 0. The van der Waals surface area contributed by atoms with E-state index >= 15 is 0 Å². The minimum Gasteiger partial charge on any atom is -0.484 e. The van der Waals surface area contributed by atoms with Gasteiger partial charge in [-0.25, -0.2) is 0 Å². The third kappa shape index (κ3) is 4.70. The molecule has 0 radical (unpaired) electrons. The molecule has 0 aromatic heterocycles. The van der Waals surface area contributed by atoms with Crippen molar-refractivity contribution in [2.24, 2.45) is 11.7 Å². The molecule has 0 fully saturated rings. The molecule has 1 rings (SSSR count). The summed E-state index contributed by atoms with van der Waals surface area (Å²) < 4.78 is 5.49. The van der Waals surface area contributed by atoms with Gasteiger partial charge in [-0.05, 0) is 25.8 Å². The van der Waals surface area contributed by atoms with Gasteiger partial charge < -0.3 is 15.8 Å². The molecule has 0 aliphatic heterocycles. The van der Waals surface area contributed by atoms with Crippen LogP contribution in [-0.2, 0) is 0 Å². The molecule has 1 aromatic rings. The molecule has 0 saturated carbocycles. The number of nitro groups is 1. The molecule has 6 nitrogen and oxygen atoms in total. The van der Waals surface area contributed by atoms with Crippen molar-refractivity contribution in [2.75, 3.05) is 11.9 Å². The Hall–Kier alpha value is -1.82. The standard InChI is InChI=1S/C14H23N3O3/c1-9(2)12(15)8-16-11-5-6-13(17(18)19)14(7-11)20-10(3)4/h5-7,9-10,12,16H,8,15H2,1-4H3. The quantitative estimate of drug-likeness (QED) is 0.592. The fourth-order valence-electron chi connectivity index (χ4n) is 1.59. The fourth-order valence-corrected chi connectivity index (χ4v) is 1.59. The molecule has 0 heterocycles. The molecule has 0 aliphatic rings. The van der Waals surface area contributed by atoms with Crippen LogP contribution in [0.5, 0.6) is 5.75 Å². The first-order chi connectivity index (χ1) is 9.31. The molecule has 20 heavy (non-hydrogen) atoms. The molecule has 1 atom stereocenters. The van der Waals surface area contributed by atoms with Crippen molar-refractivity contribution in [3.05, 3.63) is 28.3 Å². The summed E-state index contributed by atoms with van der Waals surface area (Å²) in [6.45, 7) is 8.37. The van der Waals surface area contributed by atoms with Crippen LogP contribution in [0.15, 0.2) is 18.2 Å². The Morgan fingerprint density at radius 2 is 2.00 bits per heavy atom. The lowest BCUT2D eigenvalue weighted by atomic mass is 10.1. The fraction of sp³-hybridized carbons (Fsp3) is 0.571. The van der Waals surface area contributed by atoms with Gasteiger partial charge in [0.15, 0.2) is 5.75 Å². The van der Waals surface area contributed by atoms with Crippen molar-refractivity contribution >= 4 is 11.4 Å². The van der Waals surface area contributed by atoms with E-state index in [1.165, 1.54) is 6.07 Å². The number of nitrogens with two attached hydrogens (primary N) is 1. The average molecular weight is 281 g/mol. The van der Waals surface area contributed by atoms with E-state index in [1.807, 2.05) is 13.8 Å². The Labute approximate surface area is 119 Å². The molecule has 0 spiro atoms. The van der Waals surface area contributed by atoms with Crippen LogP contribution in [0.3, 0.4) is 0 Å². The van der Waals surface area contributed by atoms with Gasteiger partial charge >= 0.3 is 5.69 Å². The van der Waals surface area contributed by atoms with Gasteiger partial charge in [0.2, 0.25) is 0 Å². The van der Waals surface area contributed by atoms with Crippen LogP contribution >= 0.6 is 0 Å². The minimum atomic E-state index is -0.443. The van der Waals surface area contributed by atoms with Crippen LogP contribution in [0.25, 0.3) is 0 Å². The highest BCUT2D eigenvalue weighted by Crippen LogP contribution is 2.30. The highest BCUT2D eigenvalue weighted by molar-refractivity contribution is 5.58. The summed E-state index contributed by atoms with van der Waals surface area (Å²) in [6, 6.07) is 4.78. The van der Waals surface area contributed by atoms with Gasteiger partial charge in [-0.15, -0.1) is 0 Å². The number of nitro benzene ring substituents is 1. The third-order valence-electron chi connectivity index (χ3n) is 2.92. The summed E-state index contributed by atoms with van der Waals surface area (Å²) in [4.78, 5) is 10.5. The largest absolute Gasteiger partial charge is 0.484 e. The van der Waals surface area contributed by atoms with Crippen LogP contribution in [0, 0.1) is 16.0 Å². The van der Waals surface area contributed by atoms with Gasteiger partial charge in [-0.2, -0.15) is 0 Å². The molecule has 0 amide bonds. The molecule has 6 heteroatoms. The maximum Gasteiger partial charge on any atom is 0.311 e. The highest BCUT2D eigenvalue weighted by Gasteiger charge is 2.17. The summed E-state index contributed by atoms with van der Waals surface area (Å²) >= 11 is 0. The maximum atomic E-state index is 11.0. The lowest BCUT2D eigenvalue weighted by Gasteiger charge is -2.17. The molecule has 112 valence electrons. The van der Waals surface area contributed by atoms with Crippen molar-refractivity contribution in [1.82, 2.24) is 0 Å². The van der Waals surface area contributed by atoms with E-state index in [0.717, 1.165) is 5.69 Å². The minimum absolute atomic E-state index is 0.0275. The number of nitrogens with zero attached hydrogens (tertiary/aromatic N) is 1. The van der Waals surface area contributed by atoms with E-state index in [9.17, 15) is 10.1 Å². The topological polar surface area (TPSA) is 90.4 Å². The molecule has 1 unspecified atom stereocenters. The van der Waals surface area contributed by atoms with Crippen LogP contribution < -0.4 is 15.8 Å². The predicted molar refractivity (Wildman–Crippen MR) is 80.2 cm³/mol. The summed E-state index contributed by atoms with van der Waals surface area (Å²) in [5.41, 5.74) is 6.70. The molecule has 0 saturated heterocycles. The van der Waals surface area contributed by atoms with Crippen molar-refractivity contribution < 1.29 is 9.66 Å². The summed E-state index contributed by atoms with van der Waals surface area (Å²) in [5.74, 6) is 0.639. The second-order valence-electron chi connectivity index (χ2n) is 5.39. The molecule has 3 N–H and O–H groups in total. The maximum absolute atomic E-state index is 11.0. The average Bonchev–Trinajstić information content (AvgIpc) is 2.34. The highest BCUT2D eigenvalue weighted by atomic mass is 16.6. The molecular formula is C14H23N3O3. The first kappa shape index (κ1) is 16.2. The van der Waals surface area contributed by atoms with E-state index in [1.54, 1.807) is 12.1 Å². The number of hydrogen-bond donors (Lipinski definition) is 2.